The second-order valence-corrected chi connectivity index (χ2v) is 5.69. The molecule has 0 saturated carbocycles. The highest BCUT2D eigenvalue weighted by Gasteiger charge is 2.03. The Bertz CT molecular complexity index is 1050. The van der Waals surface area contributed by atoms with Gasteiger partial charge in [0.1, 0.15) is 12.0 Å². The molecule has 0 aliphatic carbocycles. The van der Waals surface area contributed by atoms with E-state index in [9.17, 15) is 9.90 Å². The van der Waals surface area contributed by atoms with E-state index >= 15 is 0 Å². The van der Waals surface area contributed by atoms with Gasteiger partial charge in [-0.15, -0.1) is 0 Å². The predicted octanol–water partition coefficient (Wildman–Crippen LogP) is 5.18. The normalized spacial score (nSPS) is 11.0. The van der Waals surface area contributed by atoms with E-state index in [4.69, 9.17) is 0 Å². The van der Waals surface area contributed by atoms with Crippen molar-refractivity contribution in [2.75, 3.05) is 0 Å². The molecule has 1 N–H and O–H groups in total. The van der Waals surface area contributed by atoms with E-state index in [2.05, 4.69) is 24.3 Å². The van der Waals surface area contributed by atoms with Gasteiger partial charge in [0.2, 0.25) is 0 Å². The van der Waals surface area contributed by atoms with Crippen LogP contribution in [-0.4, -0.2) is 11.4 Å². The van der Waals surface area contributed by atoms with Gasteiger partial charge in [-0.25, -0.2) is 0 Å². The fourth-order valence-corrected chi connectivity index (χ4v) is 2.93. The highest BCUT2D eigenvalue weighted by atomic mass is 16.3. The highest BCUT2D eigenvalue weighted by molar-refractivity contribution is 5.93. The summed E-state index contributed by atoms with van der Waals surface area (Å²) in [5.74, 6) is 0.280. The molecule has 0 aliphatic heterocycles. The topological polar surface area (TPSA) is 37.3 Å². The molecule has 110 valence electrons. The van der Waals surface area contributed by atoms with Crippen molar-refractivity contribution < 1.29 is 9.90 Å². The summed E-state index contributed by atoms with van der Waals surface area (Å²) in [6.45, 7) is 0. The van der Waals surface area contributed by atoms with Crippen LogP contribution in [0.5, 0.6) is 5.75 Å². The molecular weight excluding hydrogens is 284 g/mol. The van der Waals surface area contributed by atoms with Crippen LogP contribution < -0.4 is 0 Å². The Balaban J connectivity index is 1.84. The molecule has 2 heteroatoms. The molecule has 0 radical (unpaired) electrons. The first-order valence-electron chi connectivity index (χ1n) is 7.45. The number of benzene rings is 4. The molecule has 0 fully saturated rings. The van der Waals surface area contributed by atoms with E-state index in [1.807, 2.05) is 36.4 Å². The van der Waals surface area contributed by atoms with Crippen molar-refractivity contribution in [2.45, 2.75) is 0 Å². The van der Waals surface area contributed by atoms with Crippen molar-refractivity contribution in [3.8, 4) is 16.9 Å². The standard InChI is InChI=1S/C21H14O2/c22-13-14-1-2-16-10-17(4-3-15(16)9-14)18-5-6-20-12-21(23)8-7-19(20)11-18/h1-13,23H. The van der Waals surface area contributed by atoms with E-state index in [-0.39, 0.29) is 5.75 Å². The van der Waals surface area contributed by atoms with Gasteiger partial charge in [0.15, 0.2) is 0 Å². The van der Waals surface area contributed by atoms with Crippen molar-refractivity contribution in [2.24, 2.45) is 0 Å². The van der Waals surface area contributed by atoms with Gasteiger partial charge in [-0.2, -0.15) is 0 Å². The number of rotatable bonds is 2. The Labute approximate surface area is 133 Å². The number of phenolic OH excluding ortho intramolecular Hbond substituents is 1. The summed E-state index contributed by atoms with van der Waals surface area (Å²) in [7, 11) is 0. The van der Waals surface area contributed by atoms with Gasteiger partial charge in [-0.3, -0.25) is 4.79 Å². The second-order valence-electron chi connectivity index (χ2n) is 5.69. The van der Waals surface area contributed by atoms with Crippen LogP contribution in [0.4, 0.5) is 0 Å². The quantitative estimate of drug-likeness (QED) is 0.518. The zero-order valence-corrected chi connectivity index (χ0v) is 12.4. The van der Waals surface area contributed by atoms with Crippen molar-refractivity contribution >= 4 is 27.8 Å². The number of aldehydes is 1. The van der Waals surface area contributed by atoms with E-state index in [1.165, 1.54) is 0 Å². The Morgan fingerprint density at radius 2 is 1.13 bits per heavy atom. The van der Waals surface area contributed by atoms with Crippen molar-refractivity contribution in [3.05, 3.63) is 78.4 Å². The van der Waals surface area contributed by atoms with Gasteiger partial charge in [-0.1, -0.05) is 42.5 Å². The third-order valence-corrected chi connectivity index (χ3v) is 4.16. The SMILES string of the molecule is O=Cc1ccc2cc(-c3ccc4cc(O)ccc4c3)ccc2c1. The van der Waals surface area contributed by atoms with Gasteiger partial charge in [-0.05, 0) is 63.0 Å². The first-order chi connectivity index (χ1) is 11.2. The third kappa shape index (κ3) is 2.44. The number of carbonyl (C=O) groups excluding carboxylic acids is 1. The molecule has 0 atom stereocenters. The summed E-state index contributed by atoms with van der Waals surface area (Å²) < 4.78 is 0. The van der Waals surface area contributed by atoms with Crippen LogP contribution in [0.2, 0.25) is 0 Å². The molecule has 0 aliphatic rings. The Hall–Kier alpha value is -3.13. The fourth-order valence-electron chi connectivity index (χ4n) is 2.93. The van der Waals surface area contributed by atoms with E-state index in [1.54, 1.807) is 12.1 Å². The molecule has 0 unspecified atom stereocenters. The van der Waals surface area contributed by atoms with Crippen molar-refractivity contribution in [3.63, 3.8) is 0 Å². The number of hydrogen-bond acceptors (Lipinski definition) is 2. The average Bonchev–Trinajstić information content (AvgIpc) is 2.60. The summed E-state index contributed by atoms with van der Waals surface area (Å²) in [4.78, 5) is 10.9. The maximum absolute atomic E-state index is 10.9. The molecule has 2 nitrogen and oxygen atoms in total. The maximum atomic E-state index is 10.9. The number of carbonyl (C=O) groups is 1. The number of fused-ring (bicyclic) bond motifs is 2. The van der Waals surface area contributed by atoms with Gasteiger partial charge >= 0.3 is 0 Å². The zero-order chi connectivity index (χ0) is 15.8. The predicted molar refractivity (Wildman–Crippen MR) is 93.9 cm³/mol. The number of aromatic hydroxyl groups is 1. The van der Waals surface area contributed by atoms with Gasteiger partial charge in [0.05, 0.1) is 0 Å². The van der Waals surface area contributed by atoms with Crippen LogP contribution >= 0.6 is 0 Å². The lowest BCUT2D eigenvalue weighted by atomic mass is 9.98. The zero-order valence-electron chi connectivity index (χ0n) is 12.4. The van der Waals surface area contributed by atoms with Crippen LogP contribution in [-0.2, 0) is 0 Å². The van der Waals surface area contributed by atoms with E-state index < -0.39 is 0 Å². The Kier molecular flexibility index (Phi) is 3.09. The van der Waals surface area contributed by atoms with E-state index in [0.29, 0.717) is 5.56 Å². The summed E-state index contributed by atoms with van der Waals surface area (Å²) in [5, 5.41) is 13.8. The average molecular weight is 298 g/mol. The minimum atomic E-state index is 0.280. The van der Waals surface area contributed by atoms with Crippen LogP contribution in [0.25, 0.3) is 32.7 Å². The van der Waals surface area contributed by atoms with E-state index in [0.717, 1.165) is 39.0 Å². The molecule has 0 bridgehead atoms. The molecular formula is C21H14O2. The maximum Gasteiger partial charge on any atom is 0.150 e. The molecule has 0 aromatic heterocycles. The lowest BCUT2D eigenvalue weighted by molar-refractivity contribution is 0.112. The summed E-state index contributed by atoms with van der Waals surface area (Å²) in [5.41, 5.74) is 2.95. The smallest absolute Gasteiger partial charge is 0.150 e. The molecule has 4 aromatic rings. The summed E-state index contributed by atoms with van der Waals surface area (Å²) in [6.07, 6.45) is 0.867. The van der Waals surface area contributed by atoms with Crippen molar-refractivity contribution in [1.29, 1.82) is 0 Å². The molecule has 0 amide bonds. The number of phenols is 1. The van der Waals surface area contributed by atoms with Crippen molar-refractivity contribution in [1.82, 2.24) is 0 Å². The molecule has 0 spiro atoms. The second kappa shape index (κ2) is 5.25. The van der Waals surface area contributed by atoms with Gasteiger partial charge in [0.25, 0.3) is 0 Å². The van der Waals surface area contributed by atoms with Crippen LogP contribution in [0, 0.1) is 0 Å². The van der Waals surface area contributed by atoms with Crippen LogP contribution in [0.3, 0.4) is 0 Å². The van der Waals surface area contributed by atoms with Gasteiger partial charge in [0, 0.05) is 5.56 Å². The Morgan fingerprint density at radius 3 is 1.78 bits per heavy atom. The summed E-state index contributed by atoms with van der Waals surface area (Å²) in [6, 6.07) is 23.5. The molecule has 0 heterocycles. The fraction of sp³-hybridized carbons (Fsp3) is 0. The molecule has 4 rings (SSSR count). The third-order valence-electron chi connectivity index (χ3n) is 4.16. The minimum Gasteiger partial charge on any atom is -0.508 e. The highest BCUT2D eigenvalue weighted by Crippen LogP contribution is 2.29. The molecule has 4 aromatic carbocycles. The van der Waals surface area contributed by atoms with Gasteiger partial charge < -0.3 is 5.11 Å². The molecule has 0 saturated heterocycles. The first-order valence-corrected chi connectivity index (χ1v) is 7.45. The minimum absolute atomic E-state index is 0.280. The monoisotopic (exact) mass is 298 g/mol. The van der Waals surface area contributed by atoms with Crippen LogP contribution in [0.15, 0.2) is 72.8 Å². The summed E-state index contributed by atoms with van der Waals surface area (Å²) >= 11 is 0. The number of hydrogen-bond donors (Lipinski definition) is 1. The van der Waals surface area contributed by atoms with Crippen LogP contribution in [0.1, 0.15) is 10.4 Å². The lowest BCUT2D eigenvalue weighted by Gasteiger charge is -2.07. The molecule has 23 heavy (non-hydrogen) atoms. The first kappa shape index (κ1) is 13.5. The lowest BCUT2D eigenvalue weighted by Crippen LogP contribution is -1.83. The largest absolute Gasteiger partial charge is 0.508 e. The Morgan fingerprint density at radius 1 is 0.609 bits per heavy atom.